The maximum absolute atomic E-state index is 13.9. The van der Waals surface area contributed by atoms with Crippen molar-refractivity contribution < 1.29 is 19.5 Å². The van der Waals surface area contributed by atoms with Crippen LogP contribution in [0.15, 0.2) is 85.2 Å². The molecule has 3 heterocycles. The lowest BCUT2D eigenvalue weighted by Gasteiger charge is -2.27. The van der Waals surface area contributed by atoms with Crippen LogP contribution in [0.4, 0.5) is 5.69 Å². The van der Waals surface area contributed by atoms with E-state index in [1.54, 1.807) is 65.1 Å². The molecule has 1 aliphatic heterocycles. The van der Waals surface area contributed by atoms with Crippen molar-refractivity contribution in [2.75, 3.05) is 11.9 Å². The van der Waals surface area contributed by atoms with E-state index < -0.39 is 12.0 Å². The maximum atomic E-state index is 13.9. The number of hydrogen-bond acceptors (Lipinski definition) is 6. The van der Waals surface area contributed by atoms with Gasteiger partial charge in [-0.2, -0.15) is 4.68 Å². The zero-order chi connectivity index (χ0) is 30.1. The molecule has 216 valence electrons. The lowest BCUT2D eigenvalue weighted by molar-refractivity contribution is -0.133. The Bertz CT molecular complexity index is 1870. The number of tetrazole rings is 1. The molecular weight excluding hydrogens is 570 g/mol. The molecule has 1 saturated heterocycles. The first-order valence-electron chi connectivity index (χ1n) is 13.5. The number of benzene rings is 3. The molecule has 0 radical (unpaired) electrons. The molecule has 1 fully saturated rings. The Balaban J connectivity index is 1.29. The van der Waals surface area contributed by atoms with Gasteiger partial charge < -0.3 is 19.9 Å². The second-order valence-electron chi connectivity index (χ2n) is 10.2. The summed E-state index contributed by atoms with van der Waals surface area (Å²) >= 11 is 6.24. The number of halogens is 1. The first-order chi connectivity index (χ1) is 20.8. The van der Waals surface area contributed by atoms with Crippen LogP contribution < -0.4 is 5.32 Å². The van der Waals surface area contributed by atoms with Gasteiger partial charge in [-0.3, -0.25) is 9.59 Å². The van der Waals surface area contributed by atoms with Gasteiger partial charge >= 0.3 is 5.97 Å². The van der Waals surface area contributed by atoms with E-state index in [9.17, 15) is 19.5 Å². The SMILES string of the molecule is Cn1c(C(=O)O)cc2cc(NC(=O)[C@@H]3[C@@H](c4ccccc4)CCN3C(=O)/C=C/c3cc(Cl)ccc3-n3cnnn3)ccc21. The molecule has 12 heteroatoms. The number of carboxylic acid groups (broad SMARTS) is 1. The van der Waals surface area contributed by atoms with Gasteiger partial charge in [-0.25, -0.2) is 4.79 Å². The fourth-order valence-corrected chi connectivity index (χ4v) is 5.84. The van der Waals surface area contributed by atoms with Crippen LogP contribution in [-0.4, -0.2) is 65.2 Å². The fraction of sp³-hybridized carbons (Fsp3) is 0.161. The number of carbonyl (C=O) groups is 3. The Labute approximate surface area is 251 Å². The van der Waals surface area contributed by atoms with Gasteiger partial charge in [0.2, 0.25) is 11.8 Å². The van der Waals surface area contributed by atoms with Crippen LogP contribution >= 0.6 is 11.6 Å². The van der Waals surface area contributed by atoms with E-state index in [2.05, 4.69) is 20.8 Å². The number of anilines is 1. The van der Waals surface area contributed by atoms with Crippen LogP contribution in [0.3, 0.4) is 0 Å². The van der Waals surface area contributed by atoms with Crippen LogP contribution in [0.2, 0.25) is 5.02 Å². The third-order valence-electron chi connectivity index (χ3n) is 7.70. The molecule has 6 rings (SSSR count). The molecule has 2 atom stereocenters. The summed E-state index contributed by atoms with van der Waals surface area (Å²) in [5.41, 5.74) is 3.60. The predicted octanol–water partition coefficient (Wildman–Crippen LogP) is 4.54. The standard InChI is InChI=1S/C31H26ClN7O4/c1-37-25-11-9-23(16-21(25)17-27(37)31(42)43)34-30(41)29-24(19-5-3-2-4-6-19)13-14-38(29)28(40)12-7-20-15-22(32)8-10-26(20)39-18-33-35-36-39/h2-12,15-18,24,29H,13-14H2,1H3,(H,34,41)(H,42,43)/b12-7+/t24-,29+/m1/s1. The van der Waals surface area contributed by atoms with Gasteiger partial charge in [0.1, 0.15) is 18.1 Å². The zero-order valence-corrected chi connectivity index (χ0v) is 23.7. The van der Waals surface area contributed by atoms with Gasteiger partial charge in [0, 0.05) is 52.8 Å². The molecule has 0 saturated carbocycles. The van der Waals surface area contributed by atoms with Gasteiger partial charge in [-0.05, 0) is 71.0 Å². The van der Waals surface area contributed by atoms with Crippen molar-refractivity contribution >= 4 is 52.1 Å². The van der Waals surface area contributed by atoms with Crippen LogP contribution in [-0.2, 0) is 16.6 Å². The topological polar surface area (TPSA) is 135 Å². The van der Waals surface area contributed by atoms with Crippen molar-refractivity contribution in [1.29, 1.82) is 0 Å². The minimum Gasteiger partial charge on any atom is -0.477 e. The highest BCUT2D eigenvalue weighted by Crippen LogP contribution is 2.35. The van der Waals surface area contributed by atoms with Gasteiger partial charge in [0.05, 0.1) is 5.69 Å². The number of carboxylic acids is 1. The average molecular weight is 596 g/mol. The molecule has 0 aliphatic carbocycles. The molecule has 11 nitrogen and oxygen atoms in total. The number of aromatic carboxylic acids is 1. The largest absolute Gasteiger partial charge is 0.477 e. The second kappa shape index (κ2) is 11.5. The van der Waals surface area contributed by atoms with Crippen LogP contribution in [0.5, 0.6) is 0 Å². The number of rotatable bonds is 7. The molecule has 0 unspecified atom stereocenters. The lowest BCUT2D eigenvalue weighted by Crippen LogP contribution is -2.44. The van der Waals surface area contributed by atoms with Crippen LogP contribution in [0, 0.1) is 0 Å². The highest BCUT2D eigenvalue weighted by molar-refractivity contribution is 6.30. The Morgan fingerprint density at radius 1 is 1.05 bits per heavy atom. The Morgan fingerprint density at radius 3 is 2.60 bits per heavy atom. The number of aromatic nitrogens is 5. The molecule has 0 spiro atoms. The summed E-state index contributed by atoms with van der Waals surface area (Å²) in [6.45, 7) is 0.385. The first-order valence-corrected chi connectivity index (χ1v) is 13.9. The highest BCUT2D eigenvalue weighted by Gasteiger charge is 2.42. The number of amides is 2. The number of fused-ring (bicyclic) bond motifs is 1. The van der Waals surface area contributed by atoms with E-state index in [0.29, 0.717) is 40.3 Å². The van der Waals surface area contributed by atoms with Crippen molar-refractivity contribution in [1.82, 2.24) is 29.7 Å². The van der Waals surface area contributed by atoms with Crippen LogP contribution in [0.1, 0.15) is 34.0 Å². The minimum absolute atomic E-state index is 0.143. The number of carbonyl (C=O) groups excluding carboxylic acids is 2. The van der Waals surface area contributed by atoms with Crippen LogP contribution in [0.25, 0.3) is 22.7 Å². The first kappa shape index (κ1) is 27.9. The van der Waals surface area contributed by atoms with E-state index in [1.807, 2.05) is 30.3 Å². The molecule has 3 aromatic carbocycles. The molecule has 2 aromatic heterocycles. The number of nitrogens with zero attached hydrogens (tertiary/aromatic N) is 6. The zero-order valence-electron chi connectivity index (χ0n) is 23.0. The van der Waals surface area contributed by atoms with E-state index in [-0.39, 0.29) is 23.4 Å². The Kier molecular flexibility index (Phi) is 7.47. The van der Waals surface area contributed by atoms with Gasteiger partial charge in [-0.15, -0.1) is 5.10 Å². The predicted molar refractivity (Wildman–Crippen MR) is 161 cm³/mol. The van der Waals surface area contributed by atoms with E-state index in [0.717, 1.165) is 11.1 Å². The third-order valence-corrected chi connectivity index (χ3v) is 7.93. The number of aryl methyl sites for hydroxylation is 1. The molecule has 1 aliphatic rings. The van der Waals surface area contributed by atoms with E-state index in [4.69, 9.17) is 11.6 Å². The summed E-state index contributed by atoms with van der Waals surface area (Å²) in [5, 5.41) is 24.9. The van der Waals surface area contributed by atoms with Crippen molar-refractivity contribution in [3.8, 4) is 5.69 Å². The molecule has 43 heavy (non-hydrogen) atoms. The van der Waals surface area contributed by atoms with E-state index in [1.165, 1.54) is 17.1 Å². The molecule has 2 amide bonds. The second-order valence-corrected chi connectivity index (χ2v) is 10.7. The Hall–Kier alpha value is -5.29. The summed E-state index contributed by atoms with van der Waals surface area (Å²) in [5.74, 6) is -1.92. The summed E-state index contributed by atoms with van der Waals surface area (Å²) in [4.78, 5) is 40.7. The molecule has 0 bridgehead atoms. The molecular formula is C31H26ClN7O4. The monoisotopic (exact) mass is 595 g/mol. The summed E-state index contributed by atoms with van der Waals surface area (Å²) in [7, 11) is 1.68. The highest BCUT2D eigenvalue weighted by atomic mass is 35.5. The molecule has 2 N–H and O–H groups in total. The Morgan fingerprint density at radius 2 is 1.86 bits per heavy atom. The lowest BCUT2D eigenvalue weighted by atomic mass is 9.91. The third kappa shape index (κ3) is 5.50. The smallest absolute Gasteiger partial charge is 0.352 e. The van der Waals surface area contributed by atoms with Crippen molar-refractivity contribution in [2.45, 2.75) is 18.4 Å². The number of nitrogens with one attached hydrogen (secondary N) is 1. The van der Waals surface area contributed by atoms with Gasteiger partial charge in [0.15, 0.2) is 0 Å². The maximum Gasteiger partial charge on any atom is 0.352 e. The average Bonchev–Trinajstić information content (AvgIpc) is 3.76. The van der Waals surface area contributed by atoms with E-state index >= 15 is 0 Å². The van der Waals surface area contributed by atoms with Crippen molar-refractivity contribution in [3.05, 3.63) is 107 Å². The fourth-order valence-electron chi connectivity index (χ4n) is 5.66. The summed E-state index contributed by atoms with van der Waals surface area (Å²) in [6, 6.07) is 20.8. The summed E-state index contributed by atoms with van der Waals surface area (Å²) in [6.07, 6.45) is 5.12. The number of hydrogen-bond donors (Lipinski definition) is 2. The normalized spacial score (nSPS) is 16.7. The quantitative estimate of drug-likeness (QED) is 0.264. The summed E-state index contributed by atoms with van der Waals surface area (Å²) < 4.78 is 3.06. The minimum atomic E-state index is -1.04. The van der Waals surface area contributed by atoms with Gasteiger partial charge in [0.25, 0.3) is 0 Å². The molecule has 5 aromatic rings. The van der Waals surface area contributed by atoms with Gasteiger partial charge in [-0.1, -0.05) is 41.9 Å². The number of likely N-dealkylation sites (tertiary alicyclic amines) is 1. The van der Waals surface area contributed by atoms with Crippen molar-refractivity contribution in [3.63, 3.8) is 0 Å². The van der Waals surface area contributed by atoms with Crippen molar-refractivity contribution in [2.24, 2.45) is 7.05 Å².